The van der Waals surface area contributed by atoms with E-state index in [4.69, 9.17) is 0 Å². The molecule has 1 heterocycles. The van der Waals surface area contributed by atoms with Gasteiger partial charge in [0.15, 0.2) is 0 Å². The van der Waals surface area contributed by atoms with Gasteiger partial charge in [-0.1, -0.05) is 182 Å². The summed E-state index contributed by atoms with van der Waals surface area (Å²) in [5, 5.41) is 15.0. The molecule has 13 aromatic rings. The lowest BCUT2D eigenvalue weighted by Crippen LogP contribution is -1.94. The molecule has 63 heavy (non-hydrogen) atoms. The summed E-state index contributed by atoms with van der Waals surface area (Å²) < 4.78 is 2.63. The molecule has 1 heteroatoms. The van der Waals surface area contributed by atoms with E-state index in [1.807, 2.05) is 11.3 Å². The van der Waals surface area contributed by atoms with Crippen LogP contribution in [0.2, 0.25) is 0 Å². The SMILES string of the molecule is c1ccc(-c2cc3ccccc3cc2-c2ccc3c(c2)c(-c2ccc4ccccc4c2)c(-c2ccc4ccccc4c2)c2cc(-c4cccc5sc6ccccc6c45)ccc23)cc1. The molecule has 0 aliphatic rings. The van der Waals surface area contributed by atoms with Gasteiger partial charge in [-0.05, 0) is 158 Å². The van der Waals surface area contributed by atoms with Gasteiger partial charge in [0.1, 0.15) is 0 Å². The van der Waals surface area contributed by atoms with Crippen LogP contribution in [0.5, 0.6) is 0 Å². The molecular weight excluding hydrogens is 777 g/mol. The minimum Gasteiger partial charge on any atom is -0.135 e. The average Bonchev–Trinajstić information content (AvgIpc) is 3.74. The predicted octanol–water partition coefficient (Wildman–Crippen LogP) is 18.2. The summed E-state index contributed by atoms with van der Waals surface area (Å²) in [6, 6.07) is 86.0. The molecule has 0 N–H and O–H groups in total. The highest BCUT2D eigenvalue weighted by Crippen LogP contribution is 2.49. The summed E-state index contributed by atoms with van der Waals surface area (Å²) in [4.78, 5) is 0. The molecule has 0 saturated heterocycles. The molecule has 0 radical (unpaired) electrons. The Labute approximate surface area is 369 Å². The van der Waals surface area contributed by atoms with Gasteiger partial charge >= 0.3 is 0 Å². The fraction of sp³-hybridized carbons (Fsp3) is 0. The van der Waals surface area contributed by atoms with Gasteiger partial charge in [0.25, 0.3) is 0 Å². The fourth-order valence-corrected chi connectivity index (χ4v) is 11.3. The van der Waals surface area contributed by atoms with Crippen molar-refractivity contribution in [1.82, 2.24) is 0 Å². The standard InChI is InChI=1S/C62H38S/c1-2-15-41(16-3-1)54-35-44-19-8-9-20-45(44)36-55(54)47-30-32-52-51-31-29-46(50-22-12-24-59-62(50)53-21-10-11-23-58(53)63-59)37-56(51)60(48-27-25-39-13-4-6-17-42(39)33-48)61(57(52)38-47)49-28-26-40-14-5-7-18-43(40)34-49/h1-38H. The largest absolute Gasteiger partial charge is 0.135 e. The van der Waals surface area contributed by atoms with E-state index in [1.54, 1.807) is 0 Å². The minimum absolute atomic E-state index is 1.20. The highest BCUT2D eigenvalue weighted by Gasteiger charge is 2.22. The monoisotopic (exact) mass is 814 g/mol. The van der Waals surface area contributed by atoms with Gasteiger partial charge in [-0.2, -0.15) is 0 Å². The van der Waals surface area contributed by atoms with Crippen LogP contribution >= 0.6 is 11.3 Å². The van der Waals surface area contributed by atoms with Gasteiger partial charge in [-0.3, -0.25) is 0 Å². The van der Waals surface area contributed by atoms with Crippen LogP contribution in [0.4, 0.5) is 0 Å². The fourth-order valence-electron chi connectivity index (χ4n) is 10.2. The Hall–Kier alpha value is -7.84. The summed E-state index contributed by atoms with van der Waals surface area (Å²) in [5.74, 6) is 0. The van der Waals surface area contributed by atoms with Gasteiger partial charge in [-0.15, -0.1) is 11.3 Å². The van der Waals surface area contributed by atoms with Crippen molar-refractivity contribution in [3.8, 4) is 55.6 Å². The summed E-state index contributed by atoms with van der Waals surface area (Å²) in [7, 11) is 0. The van der Waals surface area contributed by atoms with E-state index in [2.05, 4.69) is 231 Å². The Morgan fingerprint density at radius 3 is 1.29 bits per heavy atom. The van der Waals surface area contributed by atoms with E-state index in [9.17, 15) is 0 Å². The molecule has 0 saturated carbocycles. The highest BCUT2D eigenvalue weighted by atomic mass is 32.1. The molecule has 0 fully saturated rings. The molecule has 0 nitrogen and oxygen atoms in total. The second-order valence-electron chi connectivity index (χ2n) is 16.8. The predicted molar refractivity (Wildman–Crippen MR) is 274 cm³/mol. The van der Waals surface area contributed by atoms with Crippen molar-refractivity contribution in [2.45, 2.75) is 0 Å². The number of hydrogen-bond acceptors (Lipinski definition) is 1. The van der Waals surface area contributed by atoms with Crippen molar-refractivity contribution in [2.75, 3.05) is 0 Å². The quantitative estimate of drug-likeness (QED) is 0.152. The van der Waals surface area contributed by atoms with E-state index in [0.29, 0.717) is 0 Å². The molecule has 0 aliphatic heterocycles. The molecular formula is C62H38S. The van der Waals surface area contributed by atoms with E-state index < -0.39 is 0 Å². The van der Waals surface area contributed by atoms with Crippen molar-refractivity contribution < 1.29 is 0 Å². The maximum atomic E-state index is 2.48. The summed E-state index contributed by atoms with van der Waals surface area (Å²) in [5.41, 5.74) is 12.3. The number of fused-ring (bicyclic) bond motifs is 9. The zero-order valence-electron chi connectivity index (χ0n) is 34.3. The normalized spacial score (nSPS) is 11.8. The first-order chi connectivity index (χ1) is 31.2. The Morgan fingerprint density at radius 1 is 0.222 bits per heavy atom. The zero-order chi connectivity index (χ0) is 41.4. The molecule has 292 valence electrons. The number of rotatable bonds is 5. The topological polar surface area (TPSA) is 0 Å². The highest BCUT2D eigenvalue weighted by molar-refractivity contribution is 7.25. The maximum Gasteiger partial charge on any atom is 0.0361 e. The molecule has 0 spiro atoms. The van der Waals surface area contributed by atoms with Crippen molar-refractivity contribution in [3.63, 3.8) is 0 Å². The van der Waals surface area contributed by atoms with Crippen LogP contribution in [0, 0.1) is 0 Å². The number of benzene rings is 12. The van der Waals surface area contributed by atoms with Crippen LogP contribution in [0.15, 0.2) is 231 Å². The third-order valence-electron chi connectivity index (χ3n) is 13.2. The molecule has 0 bridgehead atoms. The molecule has 12 aromatic carbocycles. The van der Waals surface area contributed by atoms with Gasteiger partial charge in [0.2, 0.25) is 0 Å². The first-order valence-electron chi connectivity index (χ1n) is 21.7. The van der Waals surface area contributed by atoms with Crippen molar-refractivity contribution in [1.29, 1.82) is 0 Å². The smallest absolute Gasteiger partial charge is 0.0361 e. The van der Waals surface area contributed by atoms with E-state index in [-0.39, 0.29) is 0 Å². The second kappa shape index (κ2) is 14.4. The van der Waals surface area contributed by atoms with E-state index >= 15 is 0 Å². The lowest BCUT2D eigenvalue weighted by atomic mass is 9.82. The average molecular weight is 815 g/mol. The Kier molecular flexibility index (Phi) is 8.19. The lowest BCUT2D eigenvalue weighted by molar-refractivity contribution is 1.61. The van der Waals surface area contributed by atoms with Crippen LogP contribution < -0.4 is 0 Å². The Balaban J connectivity index is 1.17. The van der Waals surface area contributed by atoms with Crippen LogP contribution in [0.1, 0.15) is 0 Å². The summed E-state index contributed by atoms with van der Waals surface area (Å²) >= 11 is 1.88. The Morgan fingerprint density at radius 2 is 0.683 bits per heavy atom. The van der Waals surface area contributed by atoms with Crippen molar-refractivity contribution in [2.24, 2.45) is 0 Å². The van der Waals surface area contributed by atoms with Gasteiger partial charge in [0.05, 0.1) is 0 Å². The van der Waals surface area contributed by atoms with E-state index in [0.717, 1.165) is 0 Å². The molecule has 0 aliphatic carbocycles. The van der Waals surface area contributed by atoms with Crippen LogP contribution in [-0.4, -0.2) is 0 Å². The first-order valence-corrected chi connectivity index (χ1v) is 22.5. The van der Waals surface area contributed by atoms with E-state index in [1.165, 1.54) is 130 Å². The van der Waals surface area contributed by atoms with Gasteiger partial charge < -0.3 is 0 Å². The molecule has 0 amide bonds. The summed E-state index contributed by atoms with van der Waals surface area (Å²) in [6.07, 6.45) is 0. The molecule has 0 atom stereocenters. The van der Waals surface area contributed by atoms with Crippen LogP contribution in [0.25, 0.3) is 130 Å². The van der Waals surface area contributed by atoms with Gasteiger partial charge in [-0.25, -0.2) is 0 Å². The maximum absolute atomic E-state index is 2.48. The minimum atomic E-state index is 1.20. The first kappa shape index (κ1) is 35.9. The van der Waals surface area contributed by atoms with Crippen LogP contribution in [-0.2, 0) is 0 Å². The lowest BCUT2D eigenvalue weighted by Gasteiger charge is -2.21. The zero-order valence-corrected chi connectivity index (χ0v) is 35.2. The molecule has 0 unspecified atom stereocenters. The van der Waals surface area contributed by atoms with Crippen LogP contribution in [0.3, 0.4) is 0 Å². The number of thiophene rings is 1. The molecule has 13 rings (SSSR count). The summed E-state index contributed by atoms with van der Waals surface area (Å²) in [6.45, 7) is 0. The van der Waals surface area contributed by atoms with Crippen molar-refractivity contribution in [3.05, 3.63) is 231 Å². The Bertz CT molecular complexity index is 3960. The number of hydrogen-bond donors (Lipinski definition) is 0. The van der Waals surface area contributed by atoms with Gasteiger partial charge in [0, 0.05) is 20.2 Å². The second-order valence-corrected chi connectivity index (χ2v) is 17.9. The van der Waals surface area contributed by atoms with Crippen molar-refractivity contribution >= 4 is 85.4 Å². The third kappa shape index (κ3) is 5.89. The molecule has 1 aromatic heterocycles. The third-order valence-corrected chi connectivity index (χ3v) is 14.3.